The third-order valence-electron chi connectivity index (χ3n) is 0.680. The molecule has 68 valence electrons. The lowest BCUT2D eigenvalue weighted by Gasteiger charge is -2.02. The van der Waals surface area contributed by atoms with Gasteiger partial charge in [0, 0.05) is 0 Å². The Bertz CT molecular complexity index is 249. The Balaban J connectivity index is 3.70. The Labute approximate surface area is 64.5 Å². The van der Waals surface area contributed by atoms with Crippen molar-refractivity contribution in [2.24, 2.45) is 0 Å². The summed E-state index contributed by atoms with van der Waals surface area (Å²) in [6.45, 7) is -0.483. The lowest BCUT2D eigenvalue weighted by molar-refractivity contribution is 0.320. The first-order valence-electron chi connectivity index (χ1n) is 2.60. The van der Waals surface area contributed by atoms with E-state index in [2.05, 4.69) is 4.18 Å². The van der Waals surface area contributed by atoms with E-state index in [-0.39, 0.29) is 0 Å². The quantitative estimate of drug-likeness (QED) is 0.456. The largest absolute Gasteiger partial charge is 0.327 e. The third kappa shape index (κ3) is 10.1. The molecule has 11 heavy (non-hydrogen) atoms. The van der Waals surface area contributed by atoms with Gasteiger partial charge < -0.3 is 9.79 Å². The first-order chi connectivity index (χ1) is 4.71. The van der Waals surface area contributed by atoms with E-state index in [0.29, 0.717) is 0 Å². The molecule has 0 aliphatic heterocycles. The molecule has 0 unspecified atom stereocenters. The van der Waals surface area contributed by atoms with Crippen LogP contribution in [0.5, 0.6) is 0 Å². The van der Waals surface area contributed by atoms with E-state index < -0.39 is 30.5 Å². The van der Waals surface area contributed by atoms with Crippen molar-refractivity contribution in [2.45, 2.75) is 0 Å². The predicted octanol–water partition coefficient (Wildman–Crippen LogP) is -0.860. The van der Waals surface area contributed by atoms with Gasteiger partial charge in [0.05, 0.1) is 19.0 Å². The second-order valence-electron chi connectivity index (χ2n) is 1.91. The van der Waals surface area contributed by atoms with Gasteiger partial charge in [-0.2, -0.15) is 8.42 Å². The van der Waals surface area contributed by atoms with Gasteiger partial charge in [-0.1, -0.05) is 0 Å². The second-order valence-corrected chi connectivity index (χ2v) is 5.33. The molecule has 0 aliphatic carbocycles. The van der Waals surface area contributed by atoms with Crippen molar-refractivity contribution in [2.75, 3.05) is 19.0 Å². The normalized spacial score (nSPS) is 13.4. The summed E-state index contributed by atoms with van der Waals surface area (Å²) in [6, 6.07) is 0. The molecule has 0 heterocycles. The van der Waals surface area contributed by atoms with Crippen molar-refractivity contribution in [3.8, 4) is 0 Å². The maximum atomic E-state index is 10.2. The fourth-order valence-corrected chi connectivity index (χ4v) is 1.15. The van der Waals surface area contributed by atoms with Crippen LogP contribution >= 0.6 is 7.60 Å². The molecule has 0 amide bonds. The molecule has 0 radical (unpaired) electrons. The average Bonchev–Trinajstić information content (AvgIpc) is 1.55. The second kappa shape index (κ2) is 3.64. The van der Waals surface area contributed by atoms with Gasteiger partial charge in [-0.25, -0.2) is 0 Å². The van der Waals surface area contributed by atoms with Crippen LogP contribution in [-0.2, 0) is 18.9 Å². The monoisotopic (exact) mass is 204 g/mol. The summed E-state index contributed by atoms with van der Waals surface area (Å²) < 4.78 is 34.7. The topological polar surface area (TPSA) is 101 Å². The maximum Gasteiger partial charge on any atom is 0.327 e. The van der Waals surface area contributed by atoms with Gasteiger partial charge in [0.1, 0.15) is 0 Å². The van der Waals surface area contributed by atoms with E-state index in [0.717, 1.165) is 6.26 Å². The molecule has 0 fully saturated rings. The van der Waals surface area contributed by atoms with Crippen LogP contribution < -0.4 is 0 Å². The van der Waals surface area contributed by atoms with Crippen molar-refractivity contribution < 1.29 is 27.0 Å². The number of hydrogen-bond donors (Lipinski definition) is 2. The number of rotatable bonds is 4. The summed E-state index contributed by atoms with van der Waals surface area (Å²) in [5.74, 6) is 0. The summed E-state index contributed by atoms with van der Waals surface area (Å²) in [5, 5.41) is 0. The molecule has 0 aromatic carbocycles. The average molecular weight is 204 g/mol. The smallest absolute Gasteiger partial charge is 0.324 e. The molecule has 0 saturated heterocycles. The Morgan fingerprint density at radius 1 is 1.45 bits per heavy atom. The van der Waals surface area contributed by atoms with E-state index in [9.17, 15) is 13.0 Å². The highest BCUT2D eigenvalue weighted by Crippen LogP contribution is 2.33. The van der Waals surface area contributed by atoms with Crippen LogP contribution in [0.2, 0.25) is 0 Å². The lowest BCUT2D eigenvalue weighted by Crippen LogP contribution is -2.07. The van der Waals surface area contributed by atoms with Crippen LogP contribution in [0.15, 0.2) is 0 Å². The van der Waals surface area contributed by atoms with Gasteiger partial charge in [0.2, 0.25) is 0 Å². The van der Waals surface area contributed by atoms with Crippen molar-refractivity contribution in [1.82, 2.24) is 0 Å². The highest BCUT2D eigenvalue weighted by Gasteiger charge is 2.13. The minimum atomic E-state index is -4.14. The Morgan fingerprint density at radius 3 is 2.18 bits per heavy atom. The van der Waals surface area contributed by atoms with E-state index in [4.69, 9.17) is 9.79 Å². The molecule has 6 nitrogen and oxygen atoms in total. The van der Waals surface area contributed by atoms with E-state index >= 15 is 0 Å². The fraction of sp³-hybridized carbons (Fsp3) is 1.00. The molecule has 2 N–H and O–H groups in total. The van der Waals surface area contributed by atoms with Gasteiger partial charge in [0.15, 0.2) is 0 Å². The SMILES string of the molecule is CS(=O)(=O)OCCP(=O)(O)O. The van der Waals surface area contributed by atoms with Gasteiger partial charge in [0.25, 0.3) is 10.1 Å². The number of hydrogen-bond acceptors (Lipinski definition) is 4. The Hall–Kier alpha value is 0.0600. The zero-order valence-corrected chi connectivity index (χ0v) is 7.51. The molecule has 0 aromatic rings. The summed E-state index contributed by atoms with van der Waals surface area (Å²) in [7, 11) is -7.73. The molecule has 0 bridgehead atoms. The fourth-order valence-electron chi connectivity index (χ4n) is 0.308. The third-order valence-corrected chi connectivity index (χ3v) is 2.04. The van der Waals surface area contributed by atoms with Gasteiger partial charge in [-0.3, -0.25) is 8.75 Å². The molecule has 0 aliphatic rings. The summed E-state index contributed by atoms with van der Waals surface area (Å²) >= 11 is 0. The zero-order valence-electron chi connectivity index (χ0n) is 5.80. The highest BCUT2D eigenvalue weighted by atomic mass is 32.2. The zero-order chi connectivity index (χ0) is 9.12. The summed E-state index contributed by atoms with van der Waals surface area (Å²) in [6.07, 6.45) is 0.229. The van der Waals surface area contributed by atoms with E-state index in [1.807, 2.05) is 0 Å². The van der Waals surface area contributed by atoms with Gasteiger partial charge in [-0.05, 0) is 0 Å². The highest BCUT2D eigenvalue weighted by molar-refractivity contribution is 7.86. The summed E-state index contributed by atoms with van der Waals surface area (Å²) in [4.78, 5) is 16.5. The molecule has 0 saturated carbocycles. The summed E-state index contributed by atoms with van der Waals surface area (Å²) in [5.41, 5.74) is 0. The molecular formula is C3H9O6PS. The minimum absolute atomic E-state index is 0.483. The minimum Gasteiger partial charge on any atom is -0.324 e. The first-order valence-corrected chi connectivity index (χ1v) is 6.21. The van der Waals surface area contributed by atoms with Crippen LogP contribution in [0.25, 0.3) is 0 Å². The lowest BCUT2D eigenvalue weighted by atomic mass is 10.9. The predicted molar refractivity (Wildman–Crippen MR) is 37.7 cm³/mol. The van der Waals surface area contributed by atoms with Crippen molar-refractivity contribution in [3.63, 3.8) is 0 Å². The van der Waals surface area contributed by atoms with Crippen LogP contribution in [0, 0.1) is 0 Å². The Morgan fingerprint density at radius 2 is 1.91 bits per heavy atom. The van der Waals surface area contributed by atoms with Gasteiger partial charge in [-0.15, -0.1) is 0 Å². The van der Waals surface area contributed by atoms with Crippen molar-refractivity contribution in [1.29, 1.82) is 0 Å². The van der Waals surface area contributed by atoms with Crippen molar-refractivity contribution in [3.05, 3.63) is 0 Å². The molecule has 0 rings (SSSR count). The van der Waals surface area contributed by atoms with E-state index in [1.54, 1.807) is 0 Å². The van der Waals surface area contributed by atoms with Crippen LogP contribution in [0.3, 0.4) is 0 Å². The van der Waals surface area contributed by atoms with Crippen LogP contribution in [0.1, 0.15) is 0 Å². The van der Waals surface area contributed by atoms with Gasteiger partial charge >= 0.3 is 7.60 Å². The van der Waals surface area contributed by atoms with Crippen LogP contribution in [0.4, 0.5) is 0 Å². The molecular weight excluding hydrogens is 195 g/mol. The van der Waals surface area contributed by atoms with E-state index in [1.165, 1.54) is 0 Å². The standard InChI is InChI=1S/C3H9O6PS/c1-11(7,8)9-2-3-10(4,5)6/h2-3H2,1H3,(H2,4,5,6). The Kier molecular flexibility index (Phi) is 3.66. The van der Waals surface area contributed by atoms with Crippen molar-refractivity contribution >= 4 is 17.7 Å². The first kappa shape index (κ1) is 11.1. The molecule has 0 atom stereocenters. The maximum absolute atomic E-state index is 10.2. The molecule has 8 heteroatoms. The van der Waals surface area contributed by atoms with Crippen LogP contribution in [-0.4, -0.2) is 37.2 Å². The molecule has 0 spiro atoms. The molecule has 0 aromatic heterocycles.